The molecule has 4 nitrogen and oxygen atoms in total. The van der Waals surface area contributed by atoms with Crippen LogP contribution >= 0.6 is 0 Å². The lowest BCUT2D eigenvalue weighted by molar-refractivity contribution is 0.0158. The highest BCUT2D eigenvalue weighted by Crippen LogP contribution is 2.11. The van der Waals surface area contributed by atoms with Gasteiger partial charge in [-0.25, -0.2) is 9.97 Å². The van der Waals surface area contributed by atoms with Crippen molar-refractivity contribution in [3.8, 4) is 0 Å². The predicted octanol–water partition coefficient (Wildman–Crippen LogP) is 1.38. The molecule has 15 heavy (non-hydrogen) atoms. The third-order valence-corrected chi connectivity index (χ3v) is 2.41. The van der Waals surface area contributed by atoms with Crippen LogP contribution < -0.4 is 5.32 Å². The molecule has 1 N–H and O–H groups in total. The van der Waals surface area contributed by atoms with Gasteiger partial charge in [0.05, 0.1) is 11.3 Å². The predicted molar refractivity (Wildman–Crippen MR) is 59.4 cm³/mol. The molecular weight excluding hydrogens is 190 g/mol. The Hall–Kier alpha value is -1.00. The molecular formula is C11H19N3O. The van der Waals surface area contributed by atoms with Gasteiger partial charge in [0.15, 0.2) is 0 Å². The quantitative estimate of drug-likeness (QED) is 0.719. The Balaban J connectivity index is 2.18. The van der Waals surface area contributed by atoms with Gasteiger partial charge >= 0.3 is 0 Å². The summed E-state index contributed by atoms with van der Waals surface area (Å²) in [6, 6.07) is 1.91. The summed E-state index contributed by atoms with van der Waals surface area (Å²) in [6.07, 6.45) is 4.30. The molecule has 0 bridgehead atoms. The lowest BCUT2D eigenvalue weighted by Crippen LogP contribution is -2.28. The first kappa shape index (κ1) is 12.1. The van der Waals surface area contributed by atoms with E-state index >= 15 is 0 Å². The van der Waals surface area contributed by atoms with Crippen LogP contribution in [0.25, 0.3) is 0 Å². The summed E-state index contributed by atoms with van der Waals surface area (Å²) in [4.78, 5) is 8.00. The number of aromatic nitrogens is 2. The number of methoxy groups -OCH3 is 1. The van der Waals surface area contributed by atoms with Crippen LogP contribution in [0.3, 0.4) is 0 Å². The highest BCUT2D eigenvalue weighted by molar-refractivity contribution is 4.96. The molecule has 4 heteroatoms. The van der Waals surface area contributed by atoms with Crippen LogP contribution in [0.4, 0.5) is 0 Å². The normalized spacial score (nSPS) is 11.7. The van der Waals surface area contributed by atoms with Crippen molar-refractivity contribution in [2.45, 2.75) is 32.4 Å². The van der Waals surface area contributed by atoms with E-state index in [4.69, 9.17) is 4.74 Å². The minimum atomic E-state index is -0.0569. The van der Waals surface area contributed by atoms with Crippen LogP contribution in [0, 0.1) is 0 Å². The maximum Gasteiger partial charge on any atom is 0.115 e. The maximum atomic E-state index is 5.32. The van der Waals surface area contributed by atoms with Gasteiger partial charge in [-0.15, -0.1) is 0 Å². The molecule has 0 aliphatic rings. The molecule has 1 heterocycles. The molecule has 0 amide bonds. The first-order valence-electron chi connectivity index (χ1n) is 5.15. The van der Waals surface area contributed by atoms with Crippen molar-refractivity contribution in [1.82, 2.24) is 15.3 Å². The lowest BCUT2D eigenvalue weighted by atomic mass is 10.1. The van der Waals surface area contributed by atoms with Crippen LogP contribution in [-0.4, -0.2) is 29.2 Å². The second-order valence-corrected chi connectivity index (χ2v) is 4.09. The van der Waals surface area contributed by atoms with E-state index in [1.165, 1.54) is 0 Å². The first-order chi connectivity index (χ1) is 7.14. The second kappa shape index (κ2) is 5.78. The summed E-state index contributed by atoms with van der Waals surface area (Å²) in [5.74, 6) is 0. The standard InChI is InChI=1S/C11H19N3O/c1-11(2,15-3)5-7-12-8-10-4-6-13-9-14-10/h4,6,9,12H,5,7-8H2,1-3H3. The zero-order chi connectivity index (χ0) is 11.1. The molecule has 0 aliphatic heterocycles. The highest BCUT2D eigenvalue weighted by atomic mass is 16.5. The topological polar surface area (TPSA) is 47.0 Å². The van der Waals surface area contributed by atoms with Crippen LogP contribution in [0.2, 0.25) is 0 Å². The van der Waals surface area contributed by atoms with Gasteiger partial charge in [-0.3, -0.25) is 0 Å². The third kappa shape index (κ3) is 4.85. The van der Waals surface area contributed by atoms with Crippen molar-refractivity contribution < 1.29 is 4.74 Å². The van der Waals surface area contributed by atoms with E-state index < -0.39 is 0 Å². The van der Waals surface area contributed by atoms with Crippen molar-refractivity contribution >= 4 is 0 Å². The van der Waals surface area contributed by atoms with E-state index in [9.17, 15) is 0 Å². The van der Waals surface area contributed by atoms with Gasteiger partial charge in [0.1, 0.15) is 6.33 Å². The summed E-state index contributed by atoms with van der Waals surface area (Å²) >= 11 is 0. The average Bonchev–Trinajstić information content (AvgIpc) is 2.26. The Morgan fingerprint density at radius 2 is 2.27 bits per heavy atom. The van der Waals surface area contributed by atoms with E-state index in [-0.39, 0.29) is 5.60 Å². The molecule has 0 aromatic carbocycles. The SMILES string of the molecule is COC(C)(C)CCNCc1ccncn1. The fourth-order valence-electron chi connectivity index (χ4n) is 1.13. The molecule has 84 valence electrons. The number of nitrogens with one attached hydrogen (secondary N) is 1. The number of rotatable bonds is 6. The van der Waals surface area contributed by atoms with Gasteiger partial charge in [-0.1, -0.05) is 0 Å². The summed E-state index contributed by atoms with van der Waals surface area (Å²) in [7, 11) is 1.74. The molecule has 0 aliphatic carbocycles. The summed E-state index contributed by atoms with van der Waals surface area (Å²) in [5.41, 5.74) is 0.957. The van der Waals surface area contributed by atoms with Crippen molar-refractivity contribution in [3.63, 3.8) is 0 Å². The highest BCUT2D eigenvalue weighted by Gasteiger charge is 2.14. The van der Waals surface area contributed by atoms with Crippen LogP contribution in [0.1, 0.15) is 26.0 Å². The summed E-state index contributed by atoms with van der Waals surface area (Å²) < 4.78 is 5.32. The monoisotopic (exact) mass is 209 g/mol. The molecule has 0 radical (unpaired) electrons. The molecule has 1 rings (SSSR count). The molecule has 0 saturated heterocycles. The van der Waals surface area contributed by atoms with Gasteiger partial charge in [-0.05, 0) is 32.9 Å². The van der Waals surface area contributed by atoms with Crippen LogP contribution in [-0.2, 0) is 11.3 Å². The fourth-order valence-corrected chi connectivity index (χ4v) is 1.13. The Bertz CT molecular complexity index is 274. The van der Waals surface area contributed by atoms with Gasteiger partial charge in [-0.2, -0.15) is 0 Å². The zero-order valence-electron chi connectivity index (χ0n) is 9.66. The number of hydrogen-bond donors (Lipinski definition) is 1. The Kier molecular flexibility index (Phi) is 4.65. The maximum absolute atomic E-state index is 5.32. The van der Waals surface area contributed by atoms with E-state index in [1.807, 2.05) is 6.07 Å². The number of nitrogens with zero attached hydrogens (tertiary/aromatic N) is 2. The molecule has 0 atom stereocenters. The van der Waals surface area contributed by atoms with Gasteiger partial charge in [0, 0.05) is 19.9 Å². The van der Waals surface area contributed by atoms with Crippen LogP contribution in [0.5, 0.6) is 0 Å². The smallest absolute Gasteiger partial charge is 0.115 e. The average molecular weight is 209 g/mol. The number of ether oxygens (including phenoxy) is 1. The summed E-state index contributed by atoms with van der Waals surface area (Å²) in [5, 5.41) is 3.32. The largest absolute Gasteiger partial charge is 0.379 e. The van der Waals surface area contributed by atoms with Gasteiger partial charge < -0.3 is 10.1 Å². The van der Waals surface area contributed by atoms with Gasteiger partial charge in [0.25, 0.3) is 0 Å². The van der Waals surface area contributed by atoms with E-state index in [0.29, 0.717) is 0 Å². The molecule has 0 fully saturated rings. The molecule has 0 saturated carbocycles. The first-order valence-corrected chi connectivity index (χ1v) is 5.15. The molecule has 1 aromatic heterocycles. The Morgan fingerprint density at radius 3 is 2.87 bits per heavy atom. The fraction of sp³-hybridized carbons (Fsp3) is 0.636. The lowest BCUT2D eigenvalue weighted by Gasteiger charge is -2.22. The molecule has 0 unspecified atom stereocenters. The molecule has 0 spiro atoms. The minimum Gasteiger partial charge on any atom is -0.379 e. The summed E-state index contributed by atoms with van der Waals surface area (Å²) in [6.45, 7) is 5.87. The minimum absolute atomic E-state index is 0.0569. The van der Waals surface area contributed by atoms with Crippen molar-refractivity contribution in [3.05, 3.63) is 24.3 Å². The van der Waals surface area contributed by atoms with E-state index in [0.717, 1.165) is 25.2 Å². The van der Waals surface area contributed by atoms with E-state index in [2.05, 4.69) is 29.1 Å². The second-order valence-electron chi connectivity index (χ2n) is 4.09. The van der Waals surface area contributed by atoms with Crippen molar-refractivity contribution in [1.29, 1.82) is 0 Å². The number of hydrogen-bond acceptors (Lipinski definition) is 4. The Labute approximate surface area is 91.1 Å². The third-order valence-electron chi connectivity index (χ3n) is 2.41. The Morgan fingerprint density at radius 1 is 1.47 bits per heavy atom. The van der Waals surface area contributed by atoms with Crippen LogP contribution in [0.15, 0.2) is 18.6 Å². The van der Waals surface area contributed by atoms with Crippen molar-refractivity contribution in [2.75, 3.05) is 13.7 Å². The van der Waals surface area contributed by atoms with Crippen molar-refractivity contribution in [2.24, 2.45) is 0 Å². The molecule has 1 aromatic rings. The van der Waals surface area contributed by atoms with E-state index in [1.54, 1.807) is 19.6 Å². The van der Waals surface area contributed by atoms with Gasteiger partial charge in [0.2, 0.25) is 0 Å². The zero-order valence-corrected chi connectivity index (χ0v) is 9.66.